The molecule has 27 heavy (non-hydrogen) atoms. The van der Waals surface area contributed by atoms with Gasteiger partial charge in [0.25, 0.3) is 5.69 Å². The number of carbonyl (C=O) groups excluding carboxylic acids is 1. The lowest BCUT2D eigenvalue weighted by atomic mass is 9.94. The third-order valence-electron chi connectivity index (χ3n) is 4.81. The van der Waals surface area contributed by atoms with Gasteiger partial charge in [0.05, 0.1) is 17.1 Å². The monoisotopic (exact) mass is 410 g/mol. The van der Waals surface area contributed by atoms with E-state index in [4.69, 9.17) is 5.21 Å². The molecule has 0 radical (unpaired) electrons. The normalized spacial score (nSPS) is 21.5. The van der Waals surface area contributed by atoms with Gasteiger partial charge >= 0.3 is 0 Å². The van der Waals surface area contributed by atoms with Crippen LogP contribution in [0.25, 0.3) is 10.4 Å². The second kappa shape index (κ2) is 7.37. The van der Waals surface area contributed by atoms with Crippen molar-refractivity contribution in [1.82, 2.24) is 5.48 Å². The van der Waals surface area contributed by atoms with Crippen LogP contribution in [-0.4, -0.2) is 30.2 Å². The molecule has 10 heteroatoms. The number of nitro groups is 1. The Labute approximate surface area is 159 Å². The van der Waals surface area contributed by atoms with Crippen LogP contribution in [0.4, 0.5) is 5.69 Å². The van der Waals surface area contributed by atoms with Crippen LogP contribution >= 0.6 is 11.3 Å². The fourth-order valence-electron chi connectivity index (χ4n) is 3.42. The molecule has 0 spiro atoms. The standard InChI is InChI=1S/C17H18N2O6S2/c20-16(18-21)11-17(8-1-2-9-27(17,24)25)15-7-6-14(26-15)12-4-3-5-13(10-12)19(22)23/h3-7,10,21H,1-2,8-9,11H2,(H,18,20)/t17-/m0/s1. The number of nitrogens with zero attached hydrogens (tertiary/aromatic N) is 1. The van der Waals surface area contributed by atoms with Crippen molar-refractivity contribution in [2.24, 2.45) is 0 Å². The van der Waals surface area contributed by atoms with Gasteiger partial charge in [-0.1, -0.05) is 18.6 Å². The molecule has 1 fully saturated rings. The van der Waals surface area contributed by atoms with Gasteiger partial charge in [0, 0.05) is 21.9 Å². The van der Waals surface area contributed by atoms with Gasteiger partial charge in [-0.15, -0.1) is 11.3 Å². The minimum atomic E-state index is -3.60. The van der Waals surface area contributed by atoms with E-state index in [9.17, 15) is 23.3 Å². The summed E-state index contributed by atoms with van der Waals surface area (Å²) in [6, 6.07) is 9.47. The third kappa shape index (κ3) is 3.60. The number of hydrogen-bond acceptors (Lipinski definition) is 7. The van der Waals surface area contributed by atoms with Crippen molar-refractivity contribution in [3.05, 3.63) is 51.4 Å². The highest BCUT2D eigenvalue weighted by Gasteiger charge is 2.49. The molecule has 2 heterocycles. The lowest BCUT2D eigenvalue weighted by molar-refractivity contribution is -0.384. The maximum Gasteiger partial charge on any atom is 0.270 e. The lowest BCUT2D eigenvalue weighted by Gasteiger charge is -2.35. The molecular formula is C17H18N2O6S2. The Balaban J connectivity index is 2.06. The highest BCUT2D eigenvalue weighted by molar-refractivity contribution is 7.92. The van der Waals surface area contributed by atoms with Crippen molar-refractivity contribution in [1.29, 1.82) is 0 Å². The highest BCUT2D eigenvalue weighted by Crippen LogP contribution is 2.47. The van der Waals surface area contributed by atoms with Crippen LogP contribution in [0.1, 0.15) is 30.6 Å². The molecule has 0 aliphatic carbocycles. The number of thiophene rings is 1. The van der Waals surface area contributed by atoms with E-state index in [-0.39, 0.29) is 24.3 Å². The smallest absolute Gasteiger partial charge is 0.270 e. The molecule has 0 saturated carbocycles. The fourth-order valence-corrected chi connectivity index (χ4v) is 7.20. The quantitative estimate of drug-likeness (QED) is 0.443. The van der Waals surface area contributed by atoms with E-state index in [0.29, 0.717) is 28.2 Å². The Morgan fingerprint density at radius 1 is 1.30 bits per heavy atom. The molecule has 3 rings (SSSR count). The van der Waals surface area contributed by atoms with E-state index in [1.165, 1.54) is 28.9 Å². The predicted molar refractivity (Wildman–Crippen MR) is 100 cm³/mol. The predicted octanol–water partition coefficient (Wildman–Crippen LogP) is 3.01. The molecule has 2 aromatic rings. The number of nitrogens with one attached hydrogen (secondary N) is 1. The Morgan fingerprint density at radius 2 is 2.07 bits per heavy atom. The summed E-state index contributed by atoms with van der Waals surface area (Å²) < 4.78 is 24.4. The molecule has 0 unspecified atom stereocenters. The first kappa shape index (κ1) is 19.5. The molecule has 1 aromatic carbocycles. The Morgan fingerprint density at radius 3 is 2.74 bits per heavy atom. The average Bonchev–Trinajstić information content (AvgIpc) is 3.14. The van der Waals surface area contributed by atoms with Crippen molar-refractivity contribution in [2.75, 3.05) is 5.75 Å². The number of amides is 1. The molecule has 1 aliphatic rings. The summed E-state index contributed by atoms with van der Waals surface area (Å²) in [6.45, 7) is 0. The molecule has 1 saturated heterocycles. The SMILES string of the molecule is O=C(C[C@]1(c2ccc(-c3cccc([N+](=O)[O-])c3)s2)CCCCS1(=O)=O)NO. The Kier molecular flexibility index (Phi) is 5.31. The Hall–Kier alpha value is -2.30. The van der Waals surface area contributed by atoms with Gasteiger partial charge in [-0.25, -0.2) is 13.9 Å². The molecule has 2 N–H and O–H groups in total. The molecule has 144 valence electrons. The molecule has 1 amide bonds. The average molecular weight is 410 g/mol. The van der Waals surface area contributed by atoms with Gasteiger partial charge in [0.1, 0.15) is 4.75 Å². The maximum absolute atomic E-state index is 12.9. The first-order valence-corrected chi connectivity index (χ1v) is 10.8. The maximum atomic E-state index is 12.9. The van der Waals surface area contributed by atoms with E-state index in [1.54, 1.807) is 24.3 Å². The van der Waals surface area contributed by atoms with Crippen molar-refractivity contribution in [2.45, 2.75) is 30.4 Å². The highest BCUT2D eigenvalue weighted by atomic mass is 32.2. The summed E-state index contributed by atoms with van der Waals surface area (Å²) >= 11 is 1.20. The molecule has 8 nitrogen and oxygen atoms in total. The fraction of sp³-hybridized carbons (Fsp3) is 0.353. The van der Waals surface area contributed by atoms with E-state index in [2.05, 4.69) is 0 Å². The third-order valence-corrected chi connectivity index (χ3v) is 8.86. The van der Waals surface area contributed by atoms with Crippen LogP contribution in [0.2, 0.25) is 0 Å². The van der Waals surface area contributed by atoms with E-state index < -0.39 is 25.4 Å². The second-order valence-corrected chi connectivity index (χ2v) is 9.96. The number of carbonyl (C=O) groups is 1. The summed E-state index contributed by atoms with van der Waals surface area (Å²) in [5, 5.41) is 19.9. The van der Waals surface area contributed by atoms with Crippen molar-refractivity contribution in [3.63, 3.8) is 0 Å². The zero-order valence-corrected chi connectivity index (χ0v) is 15.9. The number of non-ortho nitro benzene ring substituents is 1. The van der Waals surface area contributed by atoms with Crippen molar-refractivity contribution >= 4 is 32.8 Å². The zero-order chi connectivity index (χ0) is 19.7. The van der Waals surface area contributed by atoms with Crippen LogP contribution < -0.4 is 5.48 Å². The second-order valence-electron chi connectivity index (χ2n) is 6.45. The summed E-state index contributed by atoms with van der Waals surface area (Å²) in [5.41, 5.74) is 2.08. The van der Waals surface area contributed by atoms with Gasteiger partial charge in [-0.05, 0) is 30.5 Å². The van der Waals surface area contributed by atoms with Crippen molar-refractivity contribution in [3.8, 4) is 10.4 Å². The van der Waals surface area contributed by atoms with Crippen LogP contribution in [0, 0.1) is 10.1 Å². The summed E-state index contributed by atoms with van der Waals surface area (Å²) in [5.74, 6) is -0.777. The molecule has 1 aromatic heterocycles. The summed E-state index contributed by atoms with van der Waals surface area (Å²) in [4.78, 5) is 23.5. The van der Waals surface area contributed by atoms with E-state index in [1.807, 2.05) is 0 Å². The lowest BCUT2D eigenvalue weighted by Crippen LogP contribution is -2.43. The van der Waals surface area contributed by atoms with E-state index in [0.717, 1.165) is 0 Å². The zero-order valence-electron chi connectivity index (χ0n) is 14.3. The summed E-state index contributed by atoms with van der Waals surface area (Å²) in [6.07, 6.45) is 1.12. The van der Waals surface area contributed by atoms with Gasteiger partial charge in [-0.3, -0.25) is 20.1 Å². The minimum absolute atomic E-state index is 0.0181. The largest absolute Gasteiger partial charge is 0.289 e. The molecular weight excluding hydrogens is 392 g/mol. The van der Waals surface area contributed by atoms with Crippen LogP contribution in [-0.2, 0) is 19.4 Å². The van der Waals surface area contributed by atoms with Crippen LogP contribution in [0.15, 0.2) is 36.4 Å². The first-order chi connectivity index (χ1) is 12.8. The van der Waals surface area contributed by atoms with Crippen LogP contribution in [0.5, 0.6) is 0 Å². The van der Waals surface area contributed by atoms with Gasteiger partial charge < -0.3 is 0 Å². The topological polar surface area (TPSA) is 127 Å². The molecule has 0 bridgehead atoms. The van der Waals surface area contributed by atoms with Crippen molar-refractivity contribution < 1.29 is 23.3 Å². The number of hydroxylamine groups is 1. The molecule has 1 aliphatic heterocycles. The van der Waals surface area contributed by atoms with Gasteiger partial charge in [0.2, 0.25) is 5.91 Å². The number of hydrogen-bond donors (Lipinski definition) is 2. The molecule has 1 atom stereocenters. The van der Waals surface area contributed by atoms with Crippen LogP contribution in [0.3, 0.4) is 0 Å². The number of nitro benzene ring substituents is 1. The number of rotatable bonds is 5. The Bertz CT molecular complexity index is 985. The number of sulfone groups is 1. The minimum Gasteiger partial charge on any atom is -0.289 e. The van der Waals surface area contributed by atoms with Gasteiger partial charge in [0.15, 0.2) is 9.84 Å². The van der Waals surface area contributed by atoms with E-state index >= 15 is 0 Å². The van der Waals surface area contributed by atoms with Gasteiger partial charge in [-0.2, -0.15) is 0 Å². The summed E-state index contributed by atoms with van der Waals surface area (Å²) in [7, 11) is -3.60. The number of benzene rings is 1. The first-order valence-electron chi connectivity index (χ1n) is 8.29.